The van der Waals surface area contributed by atoms with Gasteiger partial charge < -0.3 is 164 Å². The molecule has 17 N–H and O–H groups in total. The molecule has 4 unspecified atom stereocenters. The van der Waals surface area contributed by atoms with Crippen LogP contribution in [0.5, 0.6) is 0 Å². The highest BCUT2D eigenvalue weighted by molar-refractivity contribution is 6.03. The zero-order valence-electron chi connectivity index (χ0n) is 77.3. The summed E-state index contributed by atoms with van der Waals surface area (Å²) in [7, 11) is 1.51. The number of likely N-dealkylation sites (tertiary alicyclic amines) is 1. The van der Waals surface area contributed by atoms with Crippen LogP contribution in [0.4, 0.5) is 0 Å². The molecule has 5 fully saturated rings. The summed E-state index contributed by atoms with van der Waals surface area (Å²) >= 11 is 0. The Morgan fingerprint density at radius 1 is 0.474 bits per heavy atom. The number of hydrogen-bond acceptors (Lipinski definition) is 38. The molecule has 133 heavy (non-hydrogen) atoms. The quantitative estimate of drug-likeness (QED) is 0.0214. The van der Waals surface area contributed by atoms with Gasteiger partial charge in [0.15, 0.2) is 36.7 Å². The van der Waals surface area contributed by atoms with Crippen molar-refractivity contribution in [3.8, 4) is 0 Å². The fourth-order valence-corrected chi connectivity index (χ4v) is 15.7. The number of nitrogens with zero attached hydrogens (tertiary/aromatic N) is 1. The summed E-state index contributed by atoms with van der Waals surface area (Å²) in [5.74, 6) is -9.71. The third-order valence-corrected chi connectivity index (χ3v) is 23.9. The predicted molar refractivity (Wildman–Crippen MR) is 459 cm³/mol. The molecule has 5 aliphatic heterocycles. The molecule has 0 aliphatic carbocycles. The van der Waals surface area contributed by atoms with Crippen LogP contribution in [0.3, 0.4) is 0 Å². The van der Waals surface area contributed by atoms with Crippen LogP contribution in [0.1, 0.15) is 153 Å². The van der Waals surface area contributed by atoms with E-state index in [0.29, 0.717) is 0 Å². The zero-order valence-corrected chi connectivity index (χ0v) is 77.3. The maximum atomic E-state index is 14.9. The molecule has 1 aromatic carbocycles. The Balaban J connectivity index is 1.21. The van der Waals surface area contributed by atoms with E-state index in [4.69, 9.17) is 71.1 Å². The number of nitrogens with one attached hydrogen (secondary N) is 7. The number of aliphatic hydroxyl groups is 10. The van der Waals surface area contributed by atoms with Crippen molar-refractivity contribution in [2.45, 2.75) is 249 Å². The van der Waals surface area contributed by atoms with Crippen LogP contribution in [-0.2, 0) is 130 Å². The number of aliphatic hydroxyl groups excluding tert-OH is 10. The van der Waals surface area contributed by atoms with Gasteiger partial charge in [0, 0.05) is 159 Å². The monoisotopic (exact) mass is 1900 g/mol. The molecule has 0 bridgehead atoms. The van der Waals surface area contributed by atoms with Gasteiger partial charge in [0.25, 0.3) is 11.8 Å². The first-order chi connectivity index (χ1) is 63.2. The smallest absolute Gasteiger partial charge is 0.303 e. The molecule has 0 aromatic heterocycles. The average Bonchev–Trinajstić information content (AvgIpc) is 1.60. The number of ether oxygens (including phenoxy) is 15. The highest BCUT2D eigenvalue weighted by Crippen LogP contribution is 2.46. The van der Waals surface area contributed by atoms with Gasteiger partial charge in [0.1, 0.15) is 91.6 Å². The molecule has 0 spiro atoms. The Morgan fingerprint density at radius 3 is 1.45 bits per heavy atom. The van der Waals surface area contributed by atoms with Crippen LogP contribution in [0, 0.1) is 28.6 Å². The normalized spacial score (nSPS) is 28.5. The second kappa shape index (κ2) is 57.9. The van der Waals surface area contributed by atoms with E-state index in [1.165, 1.54) is 46.9 Å². The van der Waals surface area contributed by atoms with Crippen molar-refractivity contribution in [3.63, 3.8) is 0 Å². The van der Waals surface area contributed by atoms with E-state index in [0.717, 1.165) is 6.07 Å². The summed E-state index contributed by atoms with van der Waals surface area (Å²) in [6.45, 7) is 10.2. The highest BCUT2D eigenvalue weighted by Gasteiger charge is 2.54. The van der Waals surface area contributed by atoms with E-state index < -0.39 is 237 Å². The van der Waals surface area contributed by atoms with Crippen molar-refractivity contribution >= 4 is 76.5 Å². The molecule has 46 heteroatoms. The number of amides is 8. The first-order valence-corrected chi connectivity index (χ1v) is 44.9. The van der Waals surface area contributed by atoms with E-state index >= 15 is 0 Å². The van der Waals surface area contributed by atoms with Gasteiger partial charge in [-0.2, -0.15) is 0 Å². The molecule has 46 nitrogen and oxygen atoms in total. The van der Waals surface area contributed by atoms with E-state index in [2.05, 4.69) is 37.2 Å². The van der Waals surface area contributed by atoms with Gasteiger partial charge >= 0.3 is 11.9 Å². The minimum Gasteiger partial charge on any atom is -0.463 e. The van der Waals surface area contributed by atoms with E-state index in [1.807, 2.05) is 27.7 Å². The number of ketones is 3. The number of carbonyl (C=O) groups is 13. The van der Waals surface area contributed by atoms with E-state index in [-0.39, 0.29) is 223 Å². The van der Waals surface area contributed by atoms with Gasteiger partial charge in [-0.15, -0.1) is 0 Å². The summed E-state index contributed by atoms with van der Waals surface area (Å²) < 4.78 is 85.0. The van der Waals surface area contributed by atoms with Crippen molar-refractivity contribution in [2.75, 3.05) is 159 Å². The van der Waals surface area contributed by atoms with Crippen LogP contribution in [-0.4, -0.2) is 408 Å². The molecule has 5 saturated heterocycles. The second-order valence-corrected chi connectivity index (χ2v) is 34.4. The minimum atomic E-state index is -1.59. The van der Waals surface area contributed by atoms with Gasteiger partial charge in [-0.05, 0) is 49.4 Å². The molecule has 5 heterocycles. The summed E-state index contributed by atoms with van der Waals surface area (Å²) in [5.41, 5.74) is -2.03. The third kappa shape index (κ3) is 36.5. The molecule has 24 atom stereocenters. The summed E-state index contributed by atoms with van der Waals surface area (Å²) in [5, 5.41) is 121. The molecule has 1 aromatic rings. The van der Waals surface area contributed by atoms with Crippen molar-refractivity contribution in [1.29, 1.82) is 0 Å². The molecule has 6 rings (SSSR count). The number of benzene rings is 1. The fourth-order valence-electron chi connectivity index (χ4n) is 15.7. The van der Waals surface area contributed by atoms with Crippen molar-refractivity contribution in [1.82, 2.24) is 42.1 Å². The summed E-state index contributed by atoms with van der Waals surface area (Å²) in [4.78, 5) is 176. The summed E-state index contributed by atoms with van der Waals surface area (Å²) in [6.07, 6.45) is -21.3. The number of Topliss-reactive ketones (excluding diaryl/α,β-unsaturated/α-hetero) is 3. The van der Waals surface area contributed by atoms with Crippen molar-refractivity contribution < 1.29 is 184 Å². The number of hydrogen-bond donors (Lipinski definition) is 17. The van der Waals surface area contributed by atoms with Gasteiger partial charge in [-0.25, -0.2) is 0 Å². The minimum absolute atomic E-state index is 0.000124. The lowest BCUT2D eigenvalue weighted by Gasteiger charge is -2.43. The Hall–Kier alpha value is -7.99. The maximum absolute atomic E-state index is 14.9. The standard InChI is InChI=1S/C87H140N8O38/c1-48-49(2)82(133-66(43-128-53(6)102)78(48)129-54(7)103)124-31-27-120-23-11-13-58(104)15-16-61(81(118)89-22-26-123-29-32-125-83-50(3)72(110)73(111)63(40-96)130-83)94-80(117)57-36-55(37-59(105)39-90-68(108)19-20-69(109)95-44-86(8,46-99)87(9,45-95)47-119-10)35-56(38-57)79(116)93-60(62(106)14-12-24-121-28-33-126-84-70(91-51(4)100)76(114)74(112)64(41-97)131-84)17-18-67(107)88-21-25-122-30-34-127-85-71(92-52(5)101)77(115)75(113)65(42-98)132-85/h35-36,38,48-50,60-61,63-66,70-78,82-85,96-99,110-115H,11-34,37,39-47H2,1-10H3,(H,88,107)(H,89,118)(H,90,108)(H,91,100)(H,92,101)(H,93,116)(H,94,117)/t48-,49-,50-,60-,61-,63-,64-,65-,66-,70-,71-,72-,73+,74+,75+,76-,77-,78-,82?,83?,84?,85?,86+,87-/m1/s1. The Labute approximate surface area is 771 Å². The number of esters is 2. The van der Waals surface area contributed by atoms with Crippen LogP contribution in [0.25, 0.3) is 0 Å². The number of methoxy groups -OCH3 is 1. The van der Waals surface area contributed by atoms with Crippen LogP contribution in [0.15, 0.2) is 18.2 Å². The topological polar surface area (TPSA) is 650 Å². The molecular formula is C87H140N8O38. The Morgan fingerprint density at radius 2 is 0.940 bits per heavy atom. The van der Waals surface area contributed by atoms with Gasteiger partial charge in [-0.1, -0.05) is 34.6 Å². The number of rotatable bonds is 60. The van der Waals surface area contributed by atoms with Crippen LogP contribution < -0.4 is 37.2 Å². The fraction of sp³-hybridized carbons (Fsp3) is 0.782. The zero-order chi connectivity index (χ0) is 98.2. The van der Waals surface area contributed by atoms with Gasteiger partial charge in [0.05, 0.1) is 118 Å². The first kappa shape index (κ1) is 114. The predicted octanol–water partition coefficient (Wildman–Crippen LogP) is -5.54. The Bertz CT molecular complexity index is 3870. The van der Waals surface area contributed by atoms with Gasteiger partial charge in [0.2, 0.25) is 35.4 Å². The molecule has 756 valence electrons. The molecule has 8 amide bonds. The lowest BCUT2D eigenvalue weighted by molar-refractivity contribution is -0.284. The van der Waals surface area contributed by atoms with Gasteiger partial charge in [-0.3, -0.25) is 62.3 Å². The van der Waals surface area contributed by atoms with Crippen LogP contribution in [0.2, 0.25) is 0 Å². The highest BCUT2D eigenvalue weighted by atomic mass is 16.7. The lowest BCUT2D eigenvalue weighted by Crippen LogP contribution is -2.64. The van der Waals surface area contributed by atoms with E-state index in [1.54, 1.807) is 11.8 Å². The Kier molecular flexibility index (Phi) is 49.5. The number of carbonyl (C=O) groups excluding carboxylic acids is 13. The maximum Gasteiger partial charge on any atom is 0.303 e. The summed E-state index contributed by atoms with van der Waals surface area (Å²) in [6, 6.07) is -1.89. The molecule has 5 aliphatic rings. The van der Waals surface area contributed by atoms with Crippen molar-refractivity contribution in [2.24, 2.45) is 28.6 Å². The second-order valence-electron chi connectivity index (χ2n) is 34.4. The van der Waals surface area contributed by atoms with Crippen molar-refractivity contribution in [3.05, 3.63) is 34.9 Å². The average molecular weight is 1910 g/mol. The molecule has 0 radical (unpaired) electrons. The molecular weight excluding hydrogens is 1760 g/mol. The molecule has 0 saturated carbocycles. The van der Waals surface area contributed by atoms with E-state index in [9.17, 15) is 113 Å². The lowest BCUT2D eigenvalue weighted by atomic mass is 9.69. The largest absolute Gasteiger partial charge is 0.463 e. The first-order valence-electron chi connectivity index (χ1n) is 44.9. The SMILES string of the molecule is COC[C@@]1(C)CN(C(=O)CCC(=O)NCC(=O)Cc2cc(C(=O)N[C@H](CCC(=O)NCCOCCOC3O[C@H](CO)[C@H](O)[C@H](O)[C@H]3NC(C)=O)C(=O)CCCOCCOC3O[C@H](CO)[C@H](O)[C@H](O)[C@H]3NC(C)=O)cc(C(=O)N[C@H](CCC(=O)CCCOCCOC3O[C@H](COC(C)=O)[C@H](OC(C)=O)[C@H](C)[C@H]3C)C(=O)NCCOCCOC3O[C@H](CO)[C@H](O)[C@H](O)[C@H]3C)c2)C[C@@]1(C)CO. The van der Waals surface area contributed by atoms with Crippen LogP contribution >= 0.6 is 0 Å². The third-order valence-electron chi connectivity index (χ3n) is 23.9.